The highest BCUT2D eigenvalue weighted by Gasteiger charge is 2.41. The largest absolute Gasteiger partial charge is 0.456 e. The fourth-order valence-corrected chi connectivity index (χ4v) is 12.8. The van der Waals surface area contributed by atoms with Crippen molar-refractivity contribution in [3.63, 3.8) is 0 Å². The van der Waals surface area contributed by atoms with Gasteiger partial charge in [-0.2, -0.15) is 0 Å². The monoisotopic (exact) mass is 688 g/mol. The first-order valence-electron chi connectivity index (χ1n) is 17.9. The van der Waals surface area contributed by atoms with E-state index < -0.39 is 8.80 Å². The van der Waals surface area contributed by atoms with Crippen molar-refractivity contribution in [1.82, 2.24) is 0 Å². The summed E-state index contributed by atoms with van der Waals surface area (Å²) < 4.78 is 9.26. The maximum atomic E-state index is 6.62. The number of anilines is 2. The molecule has 0 N–H and O–H groups in total. The van der Waals surface area contributed by atoms with Crippen molar-refractivity contribution in [1.29, 1.82) is 0 Å². The predicted molar refractivity (Wildman–Crippen MR) is 219 cm³/mol. The number of nitrogens with zero attached hydrogens (tertiary/aromatic N) is 1. The molecule has 4 aliphatic rings. The number of rotatable bonds is 4. The van der Waals surface area contributed by atoms with Gasteiger partial charge in [-0.05, 0) is 71.1 Å². The van der Waals surface area contributed by atoms with Gasteiger partial charge < -0.3 is 9.32 Å². The summed E-state index contributed by atoms with van der Waals surface area (Å²) in [6.45, 7) is 2.50. The highest BCUT2D eigenvalue weighted by molar-refractivity contribution is 7.26. The predicted octanol–water partition coefficient (Wildman–Crippen LogP) is 12.5. The van der Waals surface area contributed by atoms with Gasteiger partial charge in [-0.15, -0.1) is 11.3 Å². The van der Waals surface area contributed by atoms with E-state index in [0.29, 0.717) is 17.4 Å². The Morgan fingerprint density at radius 2 is 1.65 bits per heavy atom. The normalized spacial score (nSPS) is 20.8. The van der Waals surface area contributed by atoms with Crippen LogP contribution in [-0.4, -0.2) is 8.80 Å². The molecule has 243 valence electrons. The van der Waals surface area contributed by atoms with E-state index in [1.807, 2.05) is 11.3 Å². The number of para-hydroxylation sites is 1. The Morgan fingerprint density at radius 1 is 0.784 bits per heavy atom. The van der Waals surface area contributed by atoms with Crippen LogP contribution in [0.3, 0.4) is 0 Å². The summed E-state index contributed by atoms with van der Waals surface area (Å²) in [7, 11) is -0.911. The van der Waals surface area contributed by atoms with Gasteiger partial charge in [-0.25, -0.2) is 0 Å². The van der Waals surface area contributed by atoms with Gasteiger partial charge in [0.05, 0.1) is 14.5 Å². The Hall–Kier alpha value is -5.42. The Bertz CT molecular complexity index is 2790. The van der Waals surface area contributed by atoms with E-state index >= 15 is 0 Å². The second kappa shape index (κ2) is 11.3. The third kappa shape index (κ3) is 4.46. The van der Waals surface area contributed by atoms with Crippen LogP contribution in [-0.2, 0) is 0 Å². The van der Waals surface area contributed by atoms with Crippen molar-refractivity contribution >= 4 is 84.4 Å². The molecule has 0 saturated carbocycles. The van der Waals surface area contributed by atoms with Gasteiger partial charge in [0, 0.05) is 59.7 Å². The number of fused-ring (bicyclic) bond motifs is 11. The lowest BCUT2D eigenvalue weighted by Crippen LogP contribution is -2.27. The lowest BCUT2D eigenvalue weighted by molar-refractivity contribution is 0.659. The first-order valence-corrected chi connectivity index (χ1v) is 20.8. The van der Waals surface area contributed by atoms with Gasteiger partial charge in [-0.3, -0.25) is 0 Å². The third-order valence-electron chi connectivity index (χ3n) is 11.5. The van der Waals surface area contributed by atoms with Crippen LogP contribution < -0.4 is 10.1 Å². The minimum atomic E-state index is -0.911. The molecule has 0 fully saturated rings. The van der Waals surface area contributed by atoms with E-state index in [1.54, 1.807) is 0 Å². The van der Waals surface area contributed by atoms with Crippen LogP contribution in [0.1, 0.15) is 23.5 Å². The van der Waals surface area contributed by atoms with Crippen LogP contribution in [0.25, 0.3) is 47.7 Å². The zero-order valence-electron chi connectivity index (χ0n) is 28.2. The van der Waals surface area contributed by atoms with E-state index in [0.717, 1.165) is 17.6 Å². The van der Waals surface area contributed by atoms with E-state index in [2.05, 4.69) is 169 Å². The standard InChI is InChI=1S/C47H34NOSSi/c1-51-43-25-24-36-35-14-4-6-17-40(35)49-47(36)46(43)38-23-22-34(28-44(38)51)48(39-16-9-19-42-45(39)37-15-5-7-18-41(37)50-42)33-13-8-12-31(27-33)32-21-20-29-10-2-3-11-30(29)26-32/h2-19,21-29,38,44H,20H2,1H3. The smallest absolute Gasteiger partial charge is 0.139 e. The molecule has 1 radical (unpaired) electrons. The molecular formula is C47H34NOSSi. The van der Waals surface area contributed by atoms with Gasteiger partial charge in [0.2, 0.25) is 0 Å². The van der Waals surface area contributed by atoms with Crippen LogP contribution in [0, 0.1) is 5.92 Å². The van der Waals surface area contributed by atoms with Gasteiger partial charge in [-0.1, -0.05) is 127 Å². The summed E-state index contributed by atoms with van der Waals surface area (Å²) in [5.41, 5.74) is 11.5. The summed E-state index contributed by atoms with van der Waals surface area (Å²) in [6.07, 6.45) is 22.2. The third-order valence-corrected chi connectivity index (χ3v) is 15.4. The summed E-state index contributed by atoms with van der Waals surface area (Å²) in [5, 5.41) is 6.58. The molecule has 0 saturated heterocycles. The second-order valence-corrected chi connectivity index (χ2v) is 17.9. The van der Waals surface area contributed by atoms with E-state index in [4.69, 9.17) is 4.42 Å². The maximum Gasteiger partial charge on any atom is 0.139 e. The molecule has 3 aliphatic carbocycles. The fraction of sp³-hybridized carbons (Fsp3) is 0.106. The van der Waals surface area contributed by atoms with Gasteiger partial charge in [0.15, 0.2) is 0 Å². The lowest BCUT2D eigenvalue weighted by Gasteiger charge is -2.32. The molecule has 11 rings (SSSR count). The SMILES string of the molecule is C[Si]1c2ccc3c(oc4ccccc43)c2C2C=CC(N(c3cccc(C4=CCC5C=CC=CC5=C4)c3)c3cccc4sc5ccccc5c34)=CC21. The van der Waals surface area contributed by atoms with Crippen molar-refractivity contribution in [3.05, 3.63) is 180 Å². The molecular weight excluding hydrogens is 655 g/mol. The molecule has 2 nitrogen and oxygen atoms in total. The average molecular weight is 689 g/mol. The molecule has 3 heterocycles. The van der Waals surface area contributed by atoms with Crippen molar-refractivity contribution in [2.24, 2.45) is 5.92 Å². The number of hydrogen-bond donors (Lipinski definition) is 0. The minimum absolute atomic E-state index is 0.308. The zero-order valence-corrected chi connectivity index (χ0v) is 30.0. The molecule has 4 heteroatoms. The Labute approximate surface area is 302 Å². The van der Waals surface area contributed by atoms with E-state index in [1.165, 1.54) is 75.5 Å². The van der Waals surface area contributed by atoms with Crippen LogP contribution in [0.15, 0.2) is 173 Å². The van der Waals surface area contributed by atoms with Gasteiger partial charge in [0.1, 0.15) is 11.2 Å². The first kappa shape index (κ1) is 29.3. The molecule has 5 aromatic carbocycles. The van der Waals surface area contributed by atoms with Crippen LogP contribution in [0.2, 0.25) is 12.1 Å². The van der Waals surface area contributed by atoms with Gasteiger partial charge in [0.25, 0.3) is 0 Å². The molecule has 2 aromatic heterocycles. The zero-order chi connectivity index (χ0) is 33.6. The van der Waals surface area contributed by atoms with Crippen LogP contribution in [0.5, 0.6) is 0 Å². The lowest BCUT2D eigenvalue weighted by atomic mass is 9.84. The summed E-state index contributed by atoms with van der Waals surface area (Å²) in [4.78, 5) is 2.54. The van der Waals surface area contributed by atoms with Crippen molar-refractivity contribution in [2.45, 2.75) is 24.4 Å². The highest BCUT2D eigenvalue weighted by Crippen LogP contribution is 2.50. The first-order chi connectivity index (χ1) is 25.2. The van der Waals surface area contributed by atoms with E-state index in [9.17, 15) is 0 Å². The summed E-state index contributed by atoms with van der Waals surface area (Å²) >= 11 is 1.88. The van der Waals surface area contributed by atoms with E-state index in [-0.39, 0.29) is 0 Å². The molecule has 3 unspecified atom stereocenters. The number of furan rings is 1. The topological polar surface area (TPSA) is 16.4 Å². The number of benzene rings is 5. The van der Waals surface area contributed by atoms with Crippen LogP contribution in [0.4, 0.5) is 11.4 Å². The minimum Gasteiger partial charge on any atom is -0.456 e. The molecule has 1 aliphatic heterocycles. The molecule has 7 aromatic rings. The number of hydrogen-bond acceptors (Lipinski definition) is 3. The second-order valence-electron chi connectivity index (χ2n) is 14.2. The van der Waals surface area contributed by atoms with Gasteiger partial charge >= 0.3 is 0 Å². The number of thiophene rings is 1. The fourth-order valence-electron chi connectivity index (χ4n) is 9.01. The Balaban J connectivity index is 1.08. The van der Waals surface area contributed by atoms with Crippen molar-refractivity contribution < 1.29 is 4.42 Å². The average Bonchev–Trinajstić information content (AvgIpc) is 3.85. The molecule has 3 atom stereocenters. The quantitative estimate of drug-likeness (QED) is 0.171. The van der Waals surface area contributed by atoms with Crippen molar-refractivity contribution in [2.75, 3.05) is 4.90 Å². The Morgan fingerprint density at radius 3 is 2.61 bits per heavy atom. The Kier molecular flexibility index (Phi) is 6.49. The van der Waals surface area contributed by atoms with Crippen LogP contribution >= 0.6 is 11.3 Å². The molecule has 51 heavy (non-hydrogen) atoms. The highest BCUT2D eigenvalue weighted by atomic mass is 32.1. The molecule has 0 amide bonds. The maximum absolute atomic E-state index is 6.62. The molecule has 0 spiro atoms. The molecule has 0 bridgehead atoms. The number of allylic oxidation sites excluding steroid dienone is 11. The van der Waals surface area contributed by atoms with Crippen molar-refractivity contribution in [3.8, 4) is 0 Å². The summed E-state index contributed by atoms with van der Waals surface area (Å²) in [6, 6.07) is 38.1. The summed E-state index contributed by atoms with van der Waals surface area (Å²) in [5.74, 6) is 0.789.